The SMILES string of the molecule is CCC1CCCCN1S(=O)(=O)c1cccc(Br)c1. The second-order valence-electron chi connectivity index (χ2n) is 4.63. The van der Waals surface area contributed by atoms with E-state index in [-0.39, 0.29) is 6.04 Å². The molecule has 2 rings (SSSR count). The Labute approximate surface area is 117 Å². The van der Waals surface area contributed by atoms with E-state index in [4.69, 9.17) is 0 Å². The Hall–Kier alpha value is -0.390. The van der Waals surface area contributed by atoms with E-state index in [0.717, 1.165) is 30.2 Å². The maximum atomic E-state index is 12.6. The van der Waals surface area contributed by atoms with E-state index in [2.05, 4.69) is 22.9 Å². The van der Waals surface area contributed by atoms with Gasteiger partial charge in [-0.2, -0.15) is 4.31 Å². The van der Waals surface area contributed by atoms with E-state index in [1.165, 1.54) is 0 Å². The van der Waals surface area contributed by atoms with Crippen molar-refractivity contribution in [1.29, 1.82) is 0 Å². The molecule has 1 heterocycles. The molecule has 3 nitrogen and oxygen atoms in total. The minimum atomic E-state index is -3.34. The summed E-state index contributed by atoms with van der Waals surface area (Å²) in [5, 5.41) is 0. The van der Waals surface area contributed by atoms with Gasteiger partial charge in [0, 0.05) is 17.1 Å². The summed E-state index contributed by atoms with van der Waals surface area (Å²) in [6.45, 7) is 2.70. The number of hydrogen-bond donors (Lipinski definition) is 0. The van der Waals surface area contributed by atoms with Crippen molar-refractivity contribution in [3.05, 3.63) is 28.7 Å². The van der Waals surface area contributed by atoms with Gasteiger partial charge in [-0.05, 0) is 37.5 Å². The number of sulfonamides is 1. The van der Waals surface area contributed by atoms with E-state index in [0.29, 0.717) is 11.4 Å². The number of rotatable bonds is 3. The molecule has 1 aromatic carbocycles. The first-order valence-electron chi connectivity index (χ1n) is 6.33. The molecule has 1 unspecified atom stereocenters. The van der Waals surface area contributed by atoms with Crippen LogP contribution in [0.25, 0.3) is 0 Å². The van der Waals surface area contributed by atoms with Crippen LogP contribution in [0.4, 0.5) is 0 Å². The van der Waals surface area contributed by atoms with Crippen molar-refractivity contribution in [1.82, 2.24) is 4.31 Å². The molecule has 100 valence electrons. The molecule has 1 aromatic rings. The van der Waals surface area contributed by atoms with Gasteiger partial charge in [0.1, 0.15) is 0 Å². The van der Waals surface area contributed by atoms with Crippen molar-refractivity contribution in [3.8, 4) is 0 Å². The van der Waals surface area contributed by atoms with Gasteiger partial charge in [0.2, 0.25) is 10.0 Å². The molecule has 1 aliphatic heterocycles. The van der Waals surface area contributed by atoms with Crippen molar-refractivity contribution in [3.63, 3.8) is 0 Å². The molecule has 0 bridgehead atoms. The summed E-state index contributed by atoms with van der Waals surface area (Å²) in [5.41, 5.74) is 0. The van der Waals surface area contributed by atoms with E-state index in [1.54, 1.807) is 22.5 Å². The highest BCUT2D eigenvalue weighted by Crippen LogP contribution is 2.27. The van der Waals surface area contributed by atoms with Crippen LogP contribution in [-0.2, 0) is 10.0 Å². The van der Waals surface area contributed by atoms with Crippen molar-refractivity contribution < 1.29 is 8.42 Å². The van der Waals surface area contributed by atoms with E-state index in [1.807, 2.05) is 6.07 Å². The molecule has 0 aliphatic carbocycles. The molecule has 0 amide bonds. The number of piperidine rings is 1. The highest BCUT2D eigenvalue weighted by Gasteiger charge is 2.32. The molecule has 5 heteroatoms. The van der Waals surface area contributed by atoms with Gasteiger partial charge in [-0.25, -0.2) is 8.42 Å². The molecule has 0 N–H and O–H groups in total. The molecule has 0 radical (unpaired) electrons. The molecule has 1 aliphatic rings. The summed E-state index contributed by atoms with van der Waals surface area (Å²) >= 11 is 3.33. The zero-order valence-electron chi connectivity index (χ0n) is 10.5. The van der Waals surface area contributed by atoms with Crippen molar-refractivity contribution in [2.75, 3.05) is 6.54 Å². The Bertz CT molecular complexity index is 515. The van der Waals surface area contributed by atoms with Crippen LogP contribution < -0.4 is 0 Å². The second kappa shape index (κ2) is 5.72. The zero-order chi connectivity index (χ0) is 13.2. The summed E-state index contributed by atoms with van der Waals surface area (Å²) < 4.78 is 27.7. The van der Waals surface area contributed by atoms with E-state index in [9.17, 15) is 8.42 Å². The minimum Gasteiger partial charge on any atom is -0.207 e. The molecule has 1 fully saturated rings. The summed E-state index contributed by atoms with van der Waals surface area (Å²) in [6.07, 6.45) is 3.95. The van der Waals surface area contributed by atoms with E-state index >= 15 is 0 Å². The Morgan fingerprint density at radius 1 is 1.39 bits per heavy atom. The molecular formula is C13H18BrNO2S. The molecule has 18 heavy (non-hydrogen) atoms. The zero-order valence-corrected chi connectivity index (χ0v) is 12.9. The van der Waals surface area contributed by atoms with Crippen molar-refractivity contribution in [2.45, 2.75) is 43.5 Å². The lowest BCUT2D eigenvalue weighted by atomic mass is 10.0. The predicted octanol–water partition coefficient (Wildman–Crippen LogP) is 3.40. The van der Waals surface area contributed by atoms with Gasteiger partial charge >= 0.3 is 0 Å². The second-order valence-corrected chi connectivity index (χ2v) is 7.44. The highest BCUT2D eigenvalue weighted by atomic mass is 79.9. The van der Waals surface area contributed by atoms with Crippen LogP contribution in [0.5, 0.6) is 0 Å². The van der Waals surface area contributed by atoms with Gasteiger partial charge in [-0.1, -0.05) is 35.3 Å². The first kappa shape index (κ1) is 14.0. The van der Waals surface area contributed by atoms with Gasteiger partial charge < -0.3 is 0 Å². The lowest BCUT2D eigenvalue weighted by Crippen LogP contribution is -2.43. The van der Waals surface area contributed by atoms with Crippen LogP contribution in [0.3, 0.4) is 0 Å². The Morgan fingerprint density at radius 3 is 2.83 bits per heavy atom. The van der Waals surface area contributed by atoms with Crippen LogP contribution in [0.2, 0.25) is 0 Å². The average molecular weight is 332 g/mol. The molecule has 0 aromatic heterocycles. The third kappa shape index (κ3) is 2.78. The third-order valence-corrected chi connectivity index (χ3v) is 5.89. The maximum absolute atomic E-state index is 12.6. The first-order valence-corrected chi connectivity index (χ1v) is 8.56. The van der Waals surface area contributed by atoms with Crippen LogP contribution in [0, 0.1) is 0 Å². The minimum absolute atomic E-state index is 0.155. The number of hydrogen-bond acceptors (Lipinski definition) is 2. The fraction of sp³-hybridized carbons (Fsp3) is 0.538. The Kier molecular flexibility index (Phi) is 4.45. The van der Waals surface area contributed by atoms with E-state index < -0.39 is 10.0 Å². The van der Waals surface area contributed by atoms with Crippen LogP contribution >= 0.6 is 15.9 Å². The van der Waals surface area contributed by atoms with Crippen LogP contribution in [0.1, 0.15) is 32.6 Å². The number of halogens is 1. The summed E-state index contributed by atoms with van der Waals surface area (Å²) in [6, 6.07) is 7.11. The summed E-state index contributed by atoms with van der Waals surface area (Å²) in [7, 11) is -3.34. The average Bonchev–Trinajstić information content (AvgIpc) is 2.38. The molecule has 1 saturated heterocycles. The maximum Gasteiger partial charge on any atom is 0.243 e. The monoisotopic (exact) mass is 331 g/mol. The highest BCUT2D eigenvalue weighted by molar-refractivity contribution is 9.10. The van der Waals surface area contributed by atoms with Crippen LogP contribution in [-0.4, -0.2) is 25.3 Å². The van der Waals surface area contributed by atoms with Crippen molar-refractivity contribution in [2.24, 2.45) is 0 Å². The molecule has 0 saturated carbocycles. The normalized spacial score (nSPS) is 22.0. The van der Waals surface area contributed by atoms with Crippen molar-refractivity contribution >= 4 is 26.0 Å². The smallest absolute Gasteiger partial charge is 0.207 e. The van der Waals surface area contributed by atoms with Crippen LogP contribution in [0.15, 0.2) is 33.6 Å². The van der Waals surface area contributed by atoms with Gasteiger partial charge in [0.25, 0.3) is 0 Å². The standard InChI is InChI=1S/C13H18BrNO2S/c1-2-12-7-3-4-9-15(12)18(16,17)13-8-5-6-11(14)10-13/h5-6,8,10,12H,2-4,7,9H2,1H3. The summed E-state index contributed by atoms with van der Waals surface area (Å²) in [4.78, 5) is 0.386. The first-order chi connectivity index (χ1) is 8.55. The lowest BCUT2D eigenvalue weighted by molar-refractivity contribution is 0.246. The van der Waals surface area contributed by atoms with Gasteiger partial charge in [-0.3, -0.25) is 0 Å². The fourth-order valence-corrected chi connectivity index (χ4v) is 4.83. The van der Waals surface area contributed by atoms with Gasteiger partial charge in [0.05, 0.1) is 4.90 Å². The molecule has 0 spiro atoms. The predicted molar refractivity (Wildman–Crippen MR) is 76.0 cm³/mol. The fourth-order valence-electron chi connectivity index (χ4n) is 2.46. The largest absolute Gasteiger partial charge is 0.243 e. The molecular weight excluding hydrogens is 314 g/mol. The molecule has 1 atom stereocenters. The van der Waals surface area contributed by atoms with Gasteiger partial charge in [0.15, 0.2) is 0 Å². The summed E-state index contributed by atoms with van der Waals surface area (Å²) in [5.74, 6) is 0. The topological polar surface area (TPSA) is 37.4 Å². The quantitative estimate of drug-likeness (QED) is 0.851. The third-order valence-electron chi connectivity index (χ3n) is 3.45. The number of nitrogens with zero attached hydrogens (tertiary/aromatic N) is 1. The lowest BCUT2D eigenvalue weighted by Gasteiger charge is -2.34. The number of benzene rings is 1. The Balaban J connectivity index is 2.35. The van der Waals surface area contributed by atoms with Gasteiger partial charge in [-0.15, -0.1) is 0 Å². The Morgan fingerprint density at radius 2 is 2.17 bits per heavy atom.